The summed E-state index contributed by atoms with van der Waals surface area (Å²) < 4.78 is 2.23. The average molecular weight is 222 g/mol. The van der Waals surface area contributed by atoms with Crippen LogP contribution in [0.3, 0.4) is 0 Å². The van der Waals surface area contributed by atoms with Gasteiger partial charge in [0, 0.05) is 38.1 Å². The van der Waals surface area contributed by atoms with E-state index in [1.54, 1.807) is 0 Å². The molecule has 0 saturated heterocycles. The van der Waals surface area contributed by atoms with Crippen molar-refractivity contribution in [1.82, 2.24) is 14.5 Å². The van der Waals surface area contributed by atoms with Gasteiger partial charge >= 0.3 is 0 Å². The lowest BCUT2D eigenvalue weighted by molar-refractivity contribution is 0.0775. The molecule has 1 unspecified atom stereocenters. The van der Waals surface area contributed by atoms with Crippen LogP contribution in [0.5, 0.6) is 0 Å². The van der Waals surface area contributed by atoms with Gasteiger partial charge in [0.1, 0.15) is 5.82 Å². The minimum absolute atomic E-state index is 0.226. The lowest BCUT2D eigenvalue weighted by atomic mass is 9.85. The average Bonchev–Trinajstić information content (AvgIpc) is 2.63. The highest BCUT2D eigenvalue weighted by Crippen LogP contribution is 2.26. The van der Waals surface area contributed by atoms with Crippen LogP contribution in [0.2, 0.25) is 0 Å². The van der Waals surface area contributed by atoms with E-state index in [2.05, 4.69) is 41.4 Å². The maximum atomic E-state index is 5.92. The molecule has 1 atom stereocenters. The van der Waals surface area contributed by atoms with E-state index in [1.165, 1.54) is 0 Å². The molecule has 1 aromatic heterocycles. The first kappa shape index (κ1) is 11.6. The van der Waals surface area contributed by atoms with E-state index < -0.39 is 0 Å². The van der Waals surface area contributed by atoms with Crippen LogP contribution in [-0.2, 0) is 13.1 Å². The Morgan fingerprint density at radius 2 is 2.19 bits per heavy atom. The Labute approximate surface area is 97.4 Å². The molecular formula is C12H22N4. The Kier molecular flexibility index (Phi) is 3.04. The van der Waals surface area contributed by atoms with E-state index in [0.29, 0.717) is 12.6 Å². The van der Waals surface area contributed by atoms with Gasteiger partial charge in [0.15, 0.2) is 0 Å². The molecule has 1 aliphatic rings. The van der Waals surface area contributed by atoms with E-state index in [0.717, 1.165) is 25.5 Å². The second-order valence-electron chi connectivity index (χ2n) is 5.62. The lowest BCUT2D eigenvalue weighted by Gasteiger charge is -2.41. The van der Waals surface area contributed by atoms with Crippen LogP contribution in [0.1, 0.15) is 26.6 Å². The molecule has 1 aliphatic heterocycles. The van der Waals surface area contributed by atoms with E-state index in [-0.39, 0.29) is 5.41 Å². The third kappa shape index (κ3) is 2.13. The third-order valence-electron chi connectivity index (χ3n) is 3.44. The monoisotopic (exact) mass is 222 g/mol. The van der Waals surface area contributed by atoms with Crippen LogP contribution in [0.25, 0.3) is 0 Å². The number of aromatic nitrogens is 2. The summed E-state index contributed by atoms with van der Waals surface area (Å²) in [5.74, 6) is 1.16. The summed E-state index contributed by atoms with van der Waals surface area (Å²) in [7, 11) is 0. The molecule has 4 nitrogen and oxygen atoms in total. The minimum Gasteiger partial charge on any atom is -0.333 e. The second-order valence-corrected chi connectivity index (χ2v) is 5.62. The Morgan fingerprint density at radius 1 is 1.44 bits per heavy atom. The summed E-state index contributed by atoms with van der Waals surface area (Å²) in [6, 6.07) is 0.429. The van der Waals surface area contributed by atoms with Crippen molar-refractivity contribution in [3.05, 3.63) is 18.2 Å². The summed E-state index contributed by atoms with van der Waals surface area (Å²) in [4.78, 5) is 6.85. The van der Waals surface area contributed by atoms with E-state index in [1.807, 2.05) is 6.20 Å². The number of nitrogens with zero attached hydrogens (tertiary/aromatic N) is 3. The molecule has 2 N–H and O–H groups in total. The molecular weight excluding hydrogens is 200 g/mol. The zero-order chi connectivity index (χ0) is 11.8. The topological polar surface area (TPSA) is 47.1 Å². The van der Waals surface area contributed by atoms with Gasteiger partial charge in [-0.2, -0.15) is 0 Å². The number of fused-ring (bicyclic) bond motifs is 1. The van der Waals surface area contributed by atoms with Crippen LogP contribution in [0.15, 0.2) is 12.4 Å². The zero-order valence-electron chi connectivity index (χ0n) is 10.5. The highest BCUT2D eigenvalue weighted by atomic mass is 15.3. The van der Waals surface area contributed by atoms with Crippen molar-refractivity contribution in [2.24, 2.45) is 11.1 Å². The predicted molar refractivity (Wildman–Crippen MR) is 64.9 cm³/mol. The van der Waals surface area contributed by atoms with Crippen LogP contribution < -0.4 is 5.73 Å². The minimum atomic E-state index is 0.226. The normalized spacial score (nSPS) is 19.5. The van der Waals surface area contributed by atoms with Gasteiger partial charge in [-0.3, -0.25) is 4.90 Å². The van der Waals surface area contributed by atoms with Gasteiger partial charge in [0.2, 0.25) is 0 Å². The van der Waals surface area contributed by atoms with Crippen molar-refractivity contribution < 1.29 is 0 Å². The Balaban J connectivity index is 2.13. The van der Waals surface area contributed by atoms with Crippen molar-refractivity contribution in [2.75, 3.05) is 13.1 Å². The molecule has 2 rings (SSSR count). The fourth-order valence-electron chi connectivity index (χ4n) is 2.51. The van der Waals surface area contributed by atoms with Gasteiger partial charge in [-0.1, -0.05) is 20.8 Å². The van der Waals surface area contributed by atoms with Crippen molar-refractivity contribution in [1.29, 1.82) is 0 Å². The summed E-state index contributed by atoms with van der Waals surface area (Å²) in [5.41, 5.74) is 6.14. The molecule has 0 bridgehead atoms. The van der Waals surface area contributed by atoms with Crippen molar-refractivity contribution in [3.63, 3.8) is 0 Å². The van der Waals surface area contributed by atoms with E-state index in [9.17, 15) is 0 Å². The molecule has 0 amide bonds. The van der Waals surface area contributed by atoms with Gasteiger partial charge in [-0.25, -0.2) is 4.98 Å². The molecule has 4 heteroatoms. The number of hydrogen-bond acceptors (Lipinski definition) is 3. The zero-order valence-corrected chi connectivity index (χ0v) is 10.5. The summed E-state index contributed by atoms with van der Waals surface area (Å²) in [6.45, 7) is 10.5. The predicted octanol–water partition coefficient (Wildman–Crippen LogP) is 1.07. The van der Waals surface area contributed by atoms with E-state index >= 15 is 0 Å². The fourth-order valence-corrected chi connectivity index (χ4v) is 2.51. The standard InChI is InChI=1S/C12H22N4/c1-12(2,3)10(8-13)16-7-6-15-5-4-14-11(15)9-16/h4-5,10H,6-9,13H2,1-3H3. The molecule has 0 radical (unpaired) electrons. The summed E-state index contributed by atoms with van der Waals surface area (Å²) in [5, 5.41) is 0. The number of rotatable bonds is 2. The maximum absolute atomic E-state index is 5.92. The Bertz CT molecular complexity index is 350. The molecule has 0 fully saturated rings. The first-order valence-electron chi connectivity index (χ1n) is 5.96. The molecule has 2 heterocycles. The van der Waals surface area contributed by atoms with Crippen molar-refractivity contribution in [3.8, 4) is 0 Å². The third-order valence-corrected chi connectivity index (χ3v) is 3.44. The van der Waals surface area contributed by atoms with Gasteiger partial charge in [0.05, 0.1) is 6.54 Å². The van der Waals surface area contributed by atoms with Gasteiger partial charge in [0.25, 0.3) is 0 Å². The number of hydrogen-bond donors (Lipinski definition) is 1. The Hall–Kier alpha value is -0.870. The van der Waals surface area contributed by atoms with Gasteiger partial charge in [-0.05, 0) is 5.41 Å². The number of nitrogens with two attached hydrogens (primary N) is 1. The van der Waals surface area contributed by atoms with Crippen LogP contribution >= 0.6 is 0 Å². The lowest BCUT2D eigenvalue weighted by Crippen LogP contribution is -2.51. The van der Waals surface area contributed by atoms with Crippen molar-refractivity contribution >= 4 is 0 Å². The first-order valence-corrected chi connectivity index (χ1v) is 5.96. The SMILES string of the molecule is CC(C)(C)C(CN)N1CCn2ccnc2C1. The molecule has 1 aromatic rings. The van der Waals surface area contributed by atoms with Crippen molar-refractivity contribution in [2.45, 2.75) is 39.9 Å². The van der Waals surface area contributed by atoms with Crippen LogP contribution in [0.4, 0.5) is 0 Å². The molecule has 0 spiro atoms. The van der Waals surface area contributed by atoms with Crippen LogP contribution in [-0.4, -0.2) is 33.6 Å². The quantitative estimate of drug-likeness (QED) is 0.814. The second kappa shape index (κ2) is 4.18. The number of imidazole rings is 1. The largest absolute Gasteiger partial charge is 0.333 e. The molecule has 0 aliphatic carbocycles. The highest BCUT2D eigenvalue weighted by molar-refractivity contribution is 4.98. The molecule has 90 valence electrons. The smallest absolute Gasteiger partial charge is 0.122 e. The maximum Gasteiger partial charge on any atom is 0.122 e. The molecule has 0 aromatic carbocycles. The summed E-state index contributed by atoms with van der Waals surface area (Å²) >= 11 is 0. The molecule has 16 heavy (non-hydrogen) atoms. The Morgan fingerprint density at radius 3 is 2.81 bits per heavy atom. The van der Waals surface area contributed by atoms with E-state index in [4.69, 9.17) is 5.73 Å². The summed E-state index contributed by atoms with van der Waals surface area (Å²) in [6.07, 6.45) is 3.94. The first-order chi connectivity index (χ1) is 7.52. The highest BCUT2D eigenvalue weighted by Gasteiger charge is 2.31. The fraction of sp³-hybridized carbons (Fsp3) is 0.750. The van der Waals surface area contributed by atoms with Gasteiger partial charge < -0.3 is 10.3 Å². The van der Waals surface area contributed by atoms with Gasteiger partial charge in [-0.15, -0.1) is 0 Å². The van der Waals surface area contributed by atoms with Crippen LogP contribution in [0, 0.1) is 5.41 Å². The molecule has 0 saturated carbocycles.